The largest absolute Gasteiger partial charge is 0.381 e. The second kappa shape index (κ2) is 6.22. The molecule has 0 saturated carbocycles. The van der Waals surface area contributed by atoms with Gasteiger partial charge in [-0.3, -0.25) is 4.79 Å². The predicted molar refractivity (Wildman–Crippen MR) is 67.1 cm³/mol. The molecule has 15 heavy (non-hydrogen) atoms. The lowest BCUT2D eigenvalue weighted by atomic mass is 10.3. The number of rotatable bonds is 5. The van der Waals surface area contributed by atoms with Crippen molar-refractivity contribution in [1.29, 1.82) is 0 Å². The lowest BCUT2D eigenvalue weighted by molar-refractivity contribution is 0.149. The fraction of sp³-hybridized carbons (Fsp3) is 0.600. The third kappa shape index (κ3) is 3.57. The van der Waals surface area contributed by atoms with Gasteiger partial charge in [0, 0.05) is 13.0 Å². The van der Waals surface area contributed by atoms with Gasteiger partial charge in [-0.15, -0.1) is 0 Å². The molecule has 0 fully saturated rings. The normalized spacial score (nSPS) is 10.6. The Morgan fingerprint density at radius 1 is 1.47 bits per heavy atom. The first-order valence-corrected chi connectivity index (χ1v) is 6.12. The van der Waals surface area contributed by atoms with E-state index < -0.39 is 0 Å². The van der Waals surface area contributed by atoms with Crippen LogP contribution in [-0.4, -0.2) is 23.2 Å². The van der Waals surface area contributed by atoms with E-state index in [9.17, 15) is 4.79 Å². The molecule has 4 nitrogen and oxygen atoms in total. The van der Waals surface area contributed by atoms with Crippen LogP contribution in [0.2, 0.25) is 0 Å². The topological polar surface area (TPSA) is 55.0 Å². The van der Waals surface area contributed by atoms with Gasteiger partial charge in [0.25, 0.3) is 5.56 Å². The van der Waals surface area contributed by atoms with Crippen molar-refractivity contribution in [3.05, 3.63) is 25.4 Å². The van der Waals surface area contributed by atoms with Crippen molar-refractivity contribution in [3.63, 3.8) is 0 Å². The molecule has 1 rings (SSSR count). The first-order valence-electron chi connectivity index (χ1n) is 5.04. The van der Waals surface area contributed by atoms with Gasteiger partial charge < -0.3 is 9.72 Å². The highest BCUT2D eigenvalue weighted by Gasteiger charge is 2.06. The van der Waals surface area contributed by atoms with E-state index in [1.165, 1.54) is 0 Å². The first kappa shape index (κ1) is 12.6. The van der Waals surface area contributed by atoms with Crippen molar-refractivity contribution >= 4 is 22.6 Å². The van der Waals surface area contributed by atoms with E-state index in [0.717, 1.165) is 12.1 Å². The summed E-state index contributed by atoms with van der Waals surface area (Å²) >= 11 is 2.03. The molecule has 0 amide bonds. The second-order valence-corrected chi connectivity index (χ2v) is 4.15. The zero-order valence-electron chi connectivity index (χ0n) is 8.97. The molecule has 0 unspecified atom stereocenters. The number of hydrogen-bond donors (Lipinski definition) is 1. The van der Waals surface area contributed by atoms with E-state index in [1.807, 2.05) is 36.4 Å². The Morgan fingerprint density at radius 2 is 2.20 bits per heavy atom. The van der Waals surface area contributed by atoms with Gasteiger partial charge in [0.05, 0.1) is 15.9 Å². The van der Waals surface area contributed by atoms with Crippen LogP contribution >= 0.6 is 22.6 Å². The van der Waals surface area contributed by atoms with E-state index in [-0.39, 0.29) is 5.56 Å². The van der Waals surface area contributed by atoms with Crippen LogP contribution in [0.25, 0.3) is 0 Å². The van der Waals surface area contributed by atoms with Gasteiger partial charge in [-0.1, -0.05) is 6.92 Å². The maximum Gasteiger partial charge on any atom is 0.264 e. The first-order chi connectivity index (χ1) is 7.19. The summed E-state index contributed by atoms with van der Waals surface area (Å²) in [7, 11) is 0. The fourth-order valence-corrected chi connectivity index (χ4v) is 1.86. The summed E-state index contributed by atoms with van der Waals surface area (Å²) in [6, 6.07) is 0. The van der Waals surface area contributed by atoms with Crippen LogP contribution in [0.5, 0.6) is 0 Å². The quantitative estimate of drug-likeness (QED) is 0.660. The molecule has 0 bridgehead atoms. The molecule has 1 N–H and O–H groups in total. The van der Waals surface area contributed by atoms with Crippen molar-refractivity contribution in [2.45, 2.75) is 26.7 Å². The number of aryl methyl sites for hydroxylation is 1. The Kier molecular flexibility index (Phi) is 5.24. The van der Waals surface area contributed by atoms with E-state index in [2.05, 4.69) is 9.97 Å². The third-order valence-electron chi connectivity index (χ3n) is 2.00. The van der Waals surface area contributed by atoms with E-state index in [0.29, 0.717) is 29.0 Å². The zero-order chi connectivity index (χ0) is 11.3. The third-order valence-corrected chi connectivity index (χ3v) is 3.12. The number of halogens is 1. The molecule has 5 heteroatoms. The Balaban J connectivity index is 2.82. The number of aromatic nitrogens is 2. The van der Waals surface area contributed by atoms with Gasteiger partial charge in [0.2, 0.25) is 0 Å². The fourth-order valence-electron chi connectivity index (χ4n) is 1.22. The number of hydrogen-bond acceptors (Lipinski definition) is 3. The van der Waals surface area contributed by atoms with Crippen LogP contribution in [0.15, 0.2) is 4.79 Å². The molecular weight excluding hydrogens is 307 g/mol. The SMILES string of the molecule is CCOCCc1nc(CC)c(I)c(=O)[nH]1. The van der Waals surface area contributed by atoms with Gasteiger partial charge in [-0.2, -0.15) is 0 Å². The number of nitrogens with zero attached hydrogens (tertiary/aromatic N) is 1. The molecule has 0 aliphatic rings. The van der Waals surface area contributed by atoms with Crippen LogP contribution in [0, 0.1) is 3.57 Å². The number of aromatic amines is 1. The molecule has 0 aliphatic carbocycles. The Bertz CT molecular complexity index is 376. The van der Waals surface area contributed by atoms with E-state index >= 15 is 0 Å². The summed E-state index contributed by atoms with van der Waals surface area (Å²) in [5.41, 5.74) is 0.819. The number of ether oxygens (including phenoxy) is 1. The summed E-state index contributed by atoms with van der Waals surface area (Å²) in [6.07, 6.45) is 1.44. The second-order valence-electron chi connectivity index (χ2n) is 3.07. The summed E-state index contributed by atoms with van der Waals surface area (Å²) in [5.74, 6) is 0.714. The highest BCUT2D eigenvalue weighted by Crippen LogP contribution is 2.05. The van der Waals surface area contributed by atoms with Crippen LogP contribution in [0.1, 0.15) is 25.4 Å². The molecule has 0 saturated heterocycles. The lowest BCUT2D eigenvalue weighted by Crippen LogP contribution is -2.18. The zero-order valence-corrected chi connectivity index (χ0v) is 11.1. The van der Waals surface area contributed by atoms with Crippen molar-refractivity contribution in [1.82, 2.24) is 9.97 Å². The smallest absolute Gasteiger partial charge is 0.264 e. The summed E-state index contributed by atoms with van der Waals surface area (Å²) in [5, 5.41) is 0. The molecular formula is C10H15IN2O2. The highest BCUT2D eigenvalue weighted by atomic mass is 127. The minimum Gasteiger partial charge on any atom is -0.381 e. The summed E-state index contributed by atoms with van der Waals surface area (Å²) in [6.45, 7) is 5.23. The lowest BCUT2D eigenvalue weighted by Gasteiger charge is -2.04. The van der Waals surface area contributed by atoms with E-state index in [1.54, 1.807) is 0 Å². The Labute approximate surface area is 103 Å². The van der Waals surface area contributed by atoms with Crippen LogP contribution in [0.4, 0.5) is 0 Å². The Hall–Kier alpha value is -0.430. The van der Waals surface area contributed by atoms with Gasteiger partial charge in [-0.25, -0.2) is 4.98 Å². The molecule has 84 valence electrons. The summed E-state index contributed by atoms with van der Waals surface area (Å²) in [4.78, 5) is 18.6. The number of nitrogens with one attached hydrogen (secondary N) is 1. The van der Waals surface area contributed by atoms with Crippen molar-refractivity contribution in [3.8, 4) is 0 Å². The maximum absolute atomic E-state index is 11.5. The molecule has 1 aromatic heterocycles. The molecule has 0 aromatic carbocycles. The predicted octanol–water partition coefficient (Wildman–Crippen LogP) is 1.52. The molecule has 0 radical (unpaired) electrons. The van der Waals surface area contributed by atoms with Crippen LogP contribution < -0.4 is 5.56 Å². The van der Waals surface area contributed by atoms with Crippen molar-refractivity contribution < 1.29 is 4.74 Å². The maximum atomic E-state index is 11.5. The van der Waals surface area contributed by atoms with E-state index in [4.69, 9.17) is 4.74 Å². The molecule has 0 spiro atoms. The monoisotopic (exact) mass is 322 g/mol. The highest BCUT2D eigenvalue weighted by molar-refractivity contribution is 14.1. The molecule has 0 aliphatic heterocycles. The molecule has 0 atom stereocenters. The molecule has 1 aromatic rings. The minimum absolute atomic E-state index is 0.0473. The van der Waals surface area contributed by atoms with Gasteiger partial charge in [0.15, 0.2) is 0 Å². The minimum atomic E-state index is -0.0473. The molecule has 1 heterocycles. The Morgan fingerprint density at radius 3 is 2.80 bits per heavy atom. The summed E-state index contributed by atoms with van der Waals surface area (Å²) < 4.78 is 5.91. The number of H-pyrrole nitrogens is 1. The van der Waals surface area contributed by atoms with Gasteiger partial charge >= 0.3 is 0 Å². The van der Waals surface area contributed by atoms with Crippen molar-refractivity contribution in [2.75, 3.05) is 13.2 Å². The van der Waals surface area contributed by atoms with Crippen molar-refractivity contribution in [2.24, 2.45) is 0 Å². The standard InChI is InChI=1S/C10H15IN2O2/c1-3-7-9(11)10(14)13-8(12-7)5-6-15-4-2/h3-6H2,1-2H3,(H,12,13,14). The van der Waals surface area contributed by atoms with Crippen LogP contribution in [-0.2, 0) is 17.6 Å². The van der Waals surface area contributed by atoms with Gasteiger partial charge in [0.1, 0.15) is 5.82 Å². The average Bonchev–Trinajstić information content (AvgIpc) is 2.23. The van der Waals surface area contributed by atoms with Gasteiger partial charge in [-0.05, 0) is 35.9 Å². The van der Waals surface area contributed by atoms with Crippen LogP contribution in [0.3, 0.4) is 0 Å². The average molecular weight is 322 g/mol.